The van der Waals surface area contributed by atoms with E-state index >= 15 is 0 Å². The van der Waals surface area contributed by atoms with E-state index in [1.807, 2.05) is 32.0 Å². The van der Waals surface area contributed by atoms with Gasteiger partial charge in [0.1, 0.15) is 0 Å². The molecule has 0 unspecified atom stereocenters. The zero-order valence-electron chi connectivity index (χ0n) is 21.7. The van der Waals surface area contributed by atoms with Crippen LogP contribution in [0.15, 0.2) is 70.6 Å². The fraction of sp³-hybridized carbons (Fsp3) is 0.345. The van der Waals surface area contributed by atoms with Gasteiger partial charge in [0.15, 0.2) is 11.5 Å². The van der Waals surface area contributed by atoms with E-state index in [9.17, 15) is 8.42 Å². The first-order valence-electron chi connectivity index (χ1n) is 12.6. The molecule has 37 heavy (non-hydrogen) atoms. The first kappa shape index (κ1) is 25.3. The molecule has 2 aliphatic rings. The van der Waals surface area contributed by atoms with E-state index in [4.69, 9.17) is 14.5 Å². The topological polar surface area (TPSA) is 80.2 Å². The van der Waals surface area contributed by atoms with Crippen LogP contribution in [0.5, 0.6) is 11.5 Å². The van der Waals surface area contributed by atoms with Crippen molar-refractivity contribution in [3.8, 4) is 11.5 Å². The van der Waals surface area contributed by atoms with Crippen molar-refractivity contribution in [3.63, 3.8) is 0 Å². The number of sulfonamides is 1. The van der Waals surface area contributed by atoms with Crippen LogP contribution in [0.4, 0.5) is 5.69 Å². The number of aryl methyl sites for hydroxylation is 1. The highest BCUT2D eigenvalue weighted by molar-refractivity contribution is 7.92. The summed E-state index contributed by atoms with van der Waals surface area (Å²) in [5.74, 6) is 1.71. The maximum atomic E-state index is 12.8. The number of rotatable bonds is 7. The van der Waals surface area contributed by atoms with Gasteiger partial charge >= 0.3 is 0 Å². The minimum atomic E-state index is -3.67. The highest BCUT2D eigenvalue weighted by Crippen LogP contribution is 2.42. The standard InChI is InChI=1S/C29H33N3O4S/c1-5-36-28-16-23-24(17-27(28)35-4)29(30-26-14-15-32(3)18-25(23)26)20-8-10-21(11-9-20)31-37(33,34)22-12-6-19(2)7-13-22/h6-13,16-17,25-26,31H,5,14-15,18H2,1-4H3/t25-,26-/m0/s1. The van der Waals surface area contributed by atoms with E-state index in [0.717, 1.165) is 47.7 Å². The average molecular weight is 520 g/mol. The number of hydrogen-bond donors (Lipinski definition) is 1. The number of piperidine rings is 1. The number of nitrogens with zero attached hydrogens (tertiary/aromatic N) is 2. The molecule has 0 aromatic heterocycles. The van der Waals surface area contributed by atoms with Gasteiger partial charge in [0, 0.05) is 29.3 Å². The molecule has 2 heterocycles. The number of aliphatic imine (C=N–C) groups is 1. The predicted octanol–water partition coefficient (Wildman–Crippen LogP) is 4.84. The number of likely N-dealkylation sites (N-methyl/N-ethyl adjacent to an activating group) is 1. The largest absolute Gasteiger partial charge is 0.493 e. The molecule has 0 spiro atoms. The molecular formula is C29H33N3O4S. The highest BCUT2D eigenvalue weighted by atomic mass is 32.2. The first-order chi connectivity index (χ1) is 17.8. The number of ether oxygens (including phenoxy) is 2. The predicted molar refractivity (Wildman–Crippen MR) is 147 cm³/mol. The van der Waals surface area contributed by atoms with Crippen molar-refractivity contribution >= 4 is 21.4 Å². The zero-order chi connectivity index (χ0) is 26.2. The Morgan fingerprint density at radius 2 is 1.78 bits per heavy atom. The highest BCUT2D eigenvalue weighted by Gasteiger charge is 2.36. The number of likely N-dealkylation sites (tertiary alicyclic amines) is 1. The second kappa shape index (κ2) is 10.2. The summed E-state index contributed by atoms with van der Waals surface area (Å²) >= 11 is 0. The lowest BCUT2D eigenvalue weighted by Gasteiger charge is -2.39. The minimum absolute atomic E-state index is 0.182. The Morgan fingerprint density at radius 1 is 1.05 bits per heavy atom. The van der Waals surface area contributed by atoms with E-state index in [-0.39, 0.29) is 16.9 Å². The van der Waals surface area contributed by atoms with Crippen molar-refractivity contribution in [1.82, 2.24) is 4.90 Å². The molecule has 194 valence electrons. The fourth-order valence-electron chi connectivity index (χ4n) is 5.17. The summed E-state index contributed by atoms with van der Waals surface area (Å²) in [4.78, 5) is 7.80. The number of anilines is 1. The van der Waals surface area contributed by atoms with Crippen molar-refractivity contribution in [2.24, 2.45) is 4.99 Å². The van der Waals surface area contributed by atoms with Crippen molar-refractivity contribution in [2.45, 2.75) is 37.1 Å². The molecule has 1 N–H and O–H groups in total. The molecule has 5 rings (SSSR count). The lowest BCUT2D eigenvalue weighted by Crippen LogP contribution is -2.41. The first-order valence-corrected chi connectivity index (χ1v) is 14.1. The van der Waals surface area contributed by atoms with Crippen LogP contribution >= 0.6 is 0 Å². The number of benzene rings is 3. The van der Waals surface area contributed by atoms with E-state index in [0.29, 0.717) is 18.0 Å². The van der Waals surface area contributed by atoms with Crippen LogP contribution in [0.2, 0.25) is 0 Å². The van der Waals surface area contributed by atoms with Crippen LogP contribution in [0.25, 0.3) is 0 Å². The molecule has 0 aliphatic carbocycles. The third-order valence-corrected chi connectivity index (χ3v) is 8.50. The zero-order valence-corrected chi connectivity index (χ0v) is 22.5. The van der Waals surface area contributed by atoms with E-state index < -0.39 is 10.0 Å². The summed E-state index contributed by atoms with van der Waals surface area (Å²) in [6, 6.07) is 18.6. The summed E-state index contributed by atoms with van der Waals surface area (Å²) < 4.78 is 39.9. The number of fused-ring (bicyclic) bond motifs is 3. The smallest absolute Gasteiger partial charge is 0.261 e. The van der Waals surface area contributed by atoms with E-state index in [1.165, 1.54) is 5.56 Å². The minimum Gasteiger partial charge on any atom is -0.493 e. The maximum absolute atomic E-state index is 12.8. The second-order valence-electron chi connectivity index (χ2n) is 9.72. The van der Waals surface area contributed by atoms with Crippen LogP contribution in [-0.4, -0.2) is 58.9 Å². The van der Waals surface area contributed by atoms with Crippen LogP contribution in [0.3, 0.4) is 0 Å². The molecule has 8 heteroatoms. The Kier molecular flexibility index (Phi) is 6.96. The van der Waals surface area contributed by atoms with Gasteiger partial charge in [-0.3, -0.25) is 9.71 Å². The molecule has 3 aromatic carbocycles. The van der Waals surface area contributed by atoms with Crippen molar-refractivity contribution in [2.75, 3.05) is 38.6 Å². The summed E-state index contributed by atoms with van der Waals surface area (Å²) in [6.45, 7) is 6.39. The summed E-state index contributed by atoms with van der Waals surface area (Å²) in [5, 5.41) is 0. The summed E-state index contributed by atoms with van der Waals surface area (Å²) in [5.41, 5.74) is 5.59. The van der Waals surface area contributed by atoms with Gasteiger partial charge in [-0.15, -0.1) is 0 Å². The number of hydrogen-bond acceptors (Lipinski definition) is 6. The quantitative estimate of drug-likeness (QED) is 0.483. The van der Waals surface area contributed by atoms with E-state index in [2.05, 4.69) is 22.7 Å². The van der Waals surface area contributed by atoms with Crippen LogP contribution in [0, 0.1) is 6.92 Å². The van der Waals surface area contributed by atoms with Crippen molar-refractivity contribution in [1.29, 1.82) is 0 Å². The molecule has 0 saturated carbocycles. The summed E-state index contributed by atoms with van der Waals surface area (Å²) in [6.07, 6.45) is 0.981. The fourth-order valence-corrected chi connectivity index (χ4v) is 6.23. The van der Waals surface area contributed by atoms with Gasteiger partial charge in [0.05, 0.1) is 30.4 Å². The Labute approximate surface area is 219 Å². The van der Waals surface area contributed by atoms with E-state index in [1.54, 1.807) is 43.5 Å². The molecule has 1 saturated heterocycles. The second-order valence-corrected chi connectivity index (χ2v) is 11.4. The molecule has 0 amide bonds. The van der Waals surface area contributed by atoms with Crippen LogP contribution < -0.4 is 14.2 Å². The normalized spacial score (nSPS) is 19.4. The van der Waals surface area contributed by atoms with Crippen molar-refractivity contribution < 1.29 is 17.9 Å². The molecule has 1 fully saturated rings. The summed E-state index contributed by atoms with van der Waals surface area (Å²) in [7, 11) is 0.128. The van der Waals surface area contributed by atoms with Gasteiger partial charge in [-0.2, -0.15) is 0 Å². The molecule has 2 atom stereocenters. The third kappa shape index (κ3) is 5.08. The third-order valence-electron chi connectivity index (χ3n) is 7.11. The number of methoxy groups -OCH3 is 1. The molecule has 7 nitrogen and oxygen atoms in total. The molecule has 3 aromatic rings. The van der Waals surface area contributed by atoms with Gasteiger partial charge in [-0.25, -0.2) is 8.42 Å². The lowest BCUT2D eigenvalue weighted by molar-refractivity contribution is 0.226. The Bertz CT molecular complexity index is 1420. The van der Waals surface area contributed by atoms with Gasteiger partial charge in [-0.05, 0) is 75.8 Å². The SMILES string of the molecule is CCOc1cc2c(cc1OC)C(c1ccc(NS(=O)(=O)c3ccc(C)cc3)cc1)=N[C@H]1CCN(C)C[C@@H]21. The van der Waals surface area contributed by atoms with Crippen LogP contribution in [-0.2, 0) is 10.0 Å². The van der Waals surface area contributed by atoms with Gasteiger partial charge in [0.25, 0.3) is 10.0 Å². The van der Waals surface area contributed by atoms with Crippen LogP contribution in [0.1, 0.15) is 41.5 Å². The molecule has 0 radical (unpaired) electrons. The van der Waals surface area contributed by atoms with Crippen molar-refractivity contribution in [3.05, 3.63) is 82.9 Å². The number of nitrogens with one attached hydrogen (secondary N) is 1. The van der Waals surface area contributed by atoms with Gasteiger partial charge in [-0.1, -0.05) is 29.8 Å². The average Bonchev–Trinajstić information content (AvgIpc) is 2.89. The monoisotopic (exact) mass is 519 g/mol. The Balaban J connectivity index is 1.49. The maximum Gasteiger partial charge on any atom is 0.261 e. The van der Waals surface area contributed by atoms with Gasteiger partial charge in [0.2, 0.25) is 0 Å². The Hall–Kier alpha value is -3.36. The Morgan fingerprint density at radius 3 is 2.46 bits per heavy atom. The lowest BCUT2D eigenvalue weighted by atomic mass is 9.79. The molecule has 2 aliphatic heterocycles. The van der Waals surface area contributed by atoms with Gasteiger partial charge < -0.3 is 14.4 Å². The molecular weight excluding hydrogens is 486 g/mol. The molecule has 0 bridgehead atoms.